The molecule has 0 atom stereocenters. The Hall–Kier alpha value is -2.70. The van der Waals surface area contributed by atoms with Crippen molar-refractivity contribution in [3.63, 3.8) is 0 Å². The summed E-state index contributed by atoms with van der Waals surface area (Å²) in [7, 11) is 0. The lowest BCUT2D eigenvalue weighted by Gasteiger charge is -2.26. The minimum absolute atomic E-state index is 0.114. The maximum atomic E-state index is 12.2. The molecule has 0 radical (unpaired) electrons. The number of anilines is 1. The van der Waals surface area contributed by atoms with Crippen LogP contribution in [0.25, 0.3) is 11.4 Å². The zero-order valence-electron chi connectivity index (χ0n) is 15.0. The molecule has 1 aromatic carbocycles. The SMILES string of the molecule is CC(C)N1C(=O)Cc2ccc(-c3noc(C4CCN(C=O)CC4)n3)cc21. The first-order valence-electron chi connectivity index (χ1n) is 9.05. The summed E-state index contributed by atoms with van der Waals surface area (Å²) >= 11 is 0. The quantitative estimate of drug-likeness (QED) is 0.788. The number of likely N-dealkylation sites (tertiary alicyclic amines) is 1. The molecule has 26 heavy (non-hydrogen) atoms. The Morgan fingerprint density at radius 2 is 2.04 bits per heavy atom. The standard InChI is InChI=1S/C19H22N4O3/c1-12(2)23-16-9-15(4-3-14(16)10-17(23)25)18-20-19(26-21-18)13-5-7-22(11-24)8-6-13/h3-4,9,11-13H,5-8,10H2,1-2H3. The van der Waals surface area contributed by atoms with Crippen molar-refractivity contribution in [3.8, 4) is 11.4 Å². The van der Waals surface area contributed by atoms with Crippen molar-refractivity contribution >= 4 is 18.0 Å². The molecule has 3 heterocycles. The Kier molecular flexibility index (Phi) is 4.22. The van der Waals surface area contributed by atoms with E-state index in [9.17, 15) is 9.59 Å². The molecule has 7 nitrogen and oxygen atoms in total. The van der Waals surface area contributed by atoms with Crippen LogP contribution in [0, 0.1) is 0 Å². The second kappa shape index (κ2) is 6.55. The number of fused-ring (bicyclic) bond motifs is 1. The number of hydrogen-bond acceptors (Lipinski definition) is 5. The van der Waals surface area contributed by atoms with Gasteiger partial charge in [-0.15, -0.1) is 0 Å². The lowest BCUT2D eigenvalue weighted by atomic mass is 9.97. The largest absolute Gasteiger partial charge is 0.345 e. The van der Waals surface area contributed by atoms with Gasteiger partial charge in [0.25, 0.3) is 0 Å². The molecule has 136 valence electrons. The van der Waals surface area contributed by atoms with Crippen LogP contribution in [0.5, 0.6) is 0 Å². The average Bonchev–Trinajstić information content (AvgIpc) is 3.25. The summed E-state index contributed by atoms with van der Waals surface area (Å²) in [5, 5.41) is 4.14. The van der Waals surface area contributed by atoms with Crippen molar-refractivity contribution in [2.24, 2.45) is 0 Å². The van der Waals surface area contributed by atoms with Crippen molar-refractivity contribution < 1.29 is 14.1 Å². The molecule has 2 aliphatic rings. The molecular weight excluding hydrogens is 332 g/mol. The maximum absolute atomic E-state index is 12.2. The summed E-state index contributed by atoms with van der Waals surface area (Å²) in [5.74, 6) is 1.49. The van der Waals surface area contributed by atoms with E-state index in [2.05, 4.69) is 10.1 Å². The molecular formula is C19H22N4O3. The van der Waals surface area contributed by atoms with Gasteiger partial charge in [-0.25, -0.2) is 0 Å². The number of carbonyl (C=O) groups is 2. The van der Waals surface area contributed by atoms with Gasteiger partial charge in [0.1, 0.15) is 0 Å². The number of carbonyl (C=O) groups excluding carboxylic acids is 2. The normalized spacial score (nSPS) is 17.9. The van der Waals surface area contributed by atoms with Gasteiger partial charge in [-0.05, 0) is 38.3 Å². The van der Waals surface area contributed by atoms with Gasteiger partial charge in [0.05, 0.1) is 6.42 Å². The highest BCUT2D eigenvalue weighted by Gasteiger charge is 2.30. The number of nitrogens with zero attached hydrogens (tertiary/aromatic N) is 4. The number of amides is 2. The predicted octanol–water partition coefficient (Wildman–Crippen LogP) is 2.37. The van der Waals surface area contributed by atoms with E-state index in [-0.39, 0.29) is 17.9 Å². The molecule has 2 aromatic rings. The summed E-state index contributed by atoms with van der Waals surface area (Å²) in [5.41, 5.74) is 2.83. The summed E-state index contributed by atoms with van der Waals surface area (Å²) in [4.78, 5) is 31.2. The number of benzene rings is 1. The highest BCUT2D eigenvalue weighted by Crippen LogP contribution is 2.35. The van der Waals surface area contributed by atoms with E-state index in [0.717, 1.165) is 49.2 Å². The van der Waals surface area contributed by atoms with Crippen molar-refractivity contribution in [1.29, 1.82) is 0 Å². The zero-order chi connectivity index (χ0) is 18.3. The Labute approximate surface area is 152 Å². The van der Waals surface area contributed by atoms with E-state index in [1.807, 2.05) is 36.9 Å². The first-order chi connectivity index (χ1) is 12.6. The smallest absolute Gasteiger partial charge is 0.231 e. The molecule has 2 aliphatic heterocycles. The highest BCUT2D eigenvalue weighted by atomic mass is 16.5. The third-order valence-electron chi connectivity index (χ3n) is 5.20. The molecule has 0 unspecified atom stereocenters. The minimum atomic E-state index is 0.114. The summed E-state index contributed by atoms with van der Waals surface area (Å²) in [6.07, 6.45) is 3.00. The van der Waals surface area contributed by atoms with Crippen LogP contribution in [0.4, 0.5) is 5.69 Å². The second-order valence-corrected chi connectivity index (χ2v) is 7.25. The number of hydrogen-bond donors (Lipinski definition) is 0. The van der Waals surface area contributed by atoms with Crippen LogP contribution in [0.15, 0.2) is 22.7 Å². The fraction of sp³-hybridized carbons (Fsp3) is 0.474. The van der Waals surface area contributed by atoms with Crippen LogP contribution in [-0.2, 0) is 16.0 Å². The number of rotatable bonds is 4. The molecule has 0 bridgehead atoms. The van der Waals surface area contributed by atoms with Crippen LogP contribution in [-0.4, -0.2) is 46.5 Å². The van der Waals surface area contributed by atoms with Gasteiger partial charge in [-0.2, -0.15) is 4.98 Å². The Morgan fingerprint density at radius 1 is 1.27 bits per heavy atom. The van der Waals surface area contributed by atoms with Crippen LogP contribution < -0.4 is 4.90 Å². The Balaban J connectivity index is 1.57. The van der Waals surface area contributed by atoms with E-state index in [1.165, 1.54) is 0 Å². The second-order valence-electron chi connectivity index (χ2n) is 7.25. The summed E-state index contributed by atoms with van der Waals surface area (Å²) in [6.45, 7) is 5.46. The van der Waals surface area contributed by atoms with Crippen LogP contribution in [0.3, 0.4) is 0 Å². The maximum Gasteiger partial charge on any atom is 0.231 e. The van der Waals surface area contributed by atoms with Crippen molar-refractivity contribution in [2.75, 3.05) is 18.0 Å². The molecule has 1 fully saturated rings. The lowest BCUT2D eigenvalue weighted by molar-refractivity contribution is -0.119. The molecule has 1 saturated heterocycles. The number of piperidine rings is 1. The van der Waals surface area contributed by atoms with E-state index in [1.54, 1.807) is 4.90 Å². The fourth-order valence-electron chi connectivity index (χ4n) is 3.80. The van der Waals surface area contributed by atoms with Crippen LogP contribution in [0.1, 0.15) is 44.1 Å². The molecule has 4 rings (SSSR count). The monoisotopic (exact) mass is 354 g/mol. The number of aromatic nitrogens is 2. The van der Waals surface area contributed by atoms with E-state index in [0.29, 0.717) is 18.1 Å². The zero-order valence-corrected chi connectivity index (χ0v) is 15.0. The highest BCUT2D eigenvalue weighted by molar-refractivity contribution is 6.02. The predicted molar refractivity (Wildman–Crippen MR) is 95.7 cm³/mol. The van der Waals surface area contributed by atoms with Gasteiger partial charge in [-0.3, -0.25) is 9.59 Å². The molecule has 0 spiro atoms. The van der Waals surface area contributed by atoms with Gasteiger partial charge in [0.15, 0.2) is 0 Å². The van der Waals surface area contributed by atoms with E-state index >= 15 is 0 Å². The van der Waals surface area contributed by atoms with E-state index in [4.69, 9.17) is 4.52 Å². The average molecular weight is 354 g/mol. The van der Waals surface area contributed by atoms with Gasteiger partial charge < -0.3 is 14.3 Å². The van der Waals surface area contributed by atoms with E-state index < -0.39 is 0 Å². The van der Waals surface area contributed by atoms with Crippen molar-refractivity contribution in [3.05, 3.63) is 29.7 Å². The molecule has 0 saturated carbocycles. The first-order valence-corrected chi connectivity index (χ1v) is 9.05. The summed E-state index contributed by atoms with van der Waals surface area (Å²) < 4.78 is 5.49. The fourth-order valence-corrected chi connectivity index (χ4v) is 3.80. The molecule has 0 N–H and O–H groups in total. The molecule has 0 aliphatic carbocycles. The Bertz CT molecular complexity index is 837. The van der Waals surface area contributed by atoms with Gasteiger partial charge >= 0.3 is 0 Å². The molecule has 1 aromatic heterocycles. The third-order valence-corrected chi connectivity index (χ3v) is 5.20. The third kappa shape index (κ3) is 2.87. The first kappa shape index (κ1) is 16.8. The summed E-state index contributed by atoms with van der Waals surface area (Å²) in [6, 6.07) is 6.01. The topological polar surface area (TPSA) is 79.5 Å². The van der Waals surface area contributed by atoms with Crippen LogP contribution >= 0.6 is 0 Å². The minimum Gasteiger partial charge on any atom is -0.345 e. The van der Waals surface area contributed by atoms with Gasteiger partial charge in [0.2, 0.25) is 24.0 Å². The van der Waals surface area contributed by atoms with Crippen molar-refractivity contribution in [2.45, 2.75) is 45.1 Å². The van der Waals surface area contributed by atoms with Gasteiger partial charge in [0, 0.05) is 36.3 Å². The lowest BCUT2D eigenvalue weighted by Crippen LogP contribution is -2.33. The van der Waals surface area contributed by atoms with Gasteiger partial charge in [-0.1, -0.05) is 17.3 Å². The Morgan fingerprint density at radius 3 is 2.73 bits per heavy atom. The molecule has 7 heteroatoms. The van der Waals surface area contributed by atoms with Crippen molar-refractivity contribution in [1.82, 2.24) is 15.0 Å². The molecule has 2 amide bonds. The van der Waals surface area contributed by atoms with Crippen LogP contribution in [0.2, 0.25) is 0 Å².